The number of hydrogen-bond acceptors (Lipinski definition) is 5. The van der Waals surface area contributed by atoms with Crippen molar-refractivity contribution in [1.82, 2.24) is 4.90 Å². The predicted molar refractivity (Wildman–Crippen MR) is 111 cm³/mol. The Hall–Kier alpha value is -2.59. The monoisotopic (exact) mass is 422 g/mol. The van der Waals surface area contributed by atoms with Gasteiger partial charge in [-0.1, -0.05) is 6.07 Å². The van der Waals surface area contributed by atoms with Crippen molar-refractivity contribution in [1.29, 1.82) is 0 Å². The van der Waals surface area contributed by atoms with Gasteiger partial charge in [0.15, 0.2) is 0 Å². The Bertz CT molecular complexity index is 944. The molecule has 150 valence electrons. The summed E-state index contributed by atoms with van der Waals surface area (Å²) in [6, 6.07) is 9.99. The molecular formula is C18H22N4O4S2. The number of benzene rings is 1. The van der Waals surface area contributed by atoms with Crippen LogP contribution in [-0.4, -0.2) is 44.6 Å². The van der Waals surface area contributed by atoms with Crippen molar-refractivity contribution in [3.8, 4) is 0 Å². The molecule has 1 aromatic heterocycles. The van der Waals surface area contributed by atoms with Crippen LogP contribution in [0.15, 0.2) is 41.8 Å². The van der Waals surface area contributed by atoms with Crippen molar-refractivity contribution in [2.24, 2.45) is 5.92 Å². The zero-order chi connectivity index (χ0) is 20.1. The Morgan fingerprint density at radius 1 is 1.14 bits per heavy atom. The second-order valence-corrected chi connectivity index (χ2v) is 9.33. The molecule has 3 N–H and O–H groups in total. The number of nitrogens with zero attached hydrogens (tertiary/aromatic N) is 1. The zero-order valence-electron chi connectivity index (χ0n) is 15.3. The lowest BCUT2D eigenvalue weighted by Gasteiger charge is -2.31. The van der Waals surface area contributed by atoms with E-state index in [9.17, 15) is 18.0 Å². The van der Waals surface area contributed by atoms with E-state index in [-0.39, 0.29) is 17.9 Å². The number of likely N-dealkylation sites (tertiary alicyclic amines) is 1. The third kappa shape index (κ3) is 5.70. The Labute approximate surface area is 168 Å². The van der Waals surface area contributed by atoms with Gasteiger partial charge in [0.25, 0.3) is 0 Å². The summed E-state index contributed by atoms with van der Waals surface area (Å²) in [6.45, 7) is 0.944. The molecule has 1 aromatic carbocycles. The average molecular weight is 423 g/mol. The summed E-state index contributed by atoms with van der Waals surface area (Å²) >= 11 is 1.44. The lowest BCUT2D eigenvalue weighted by atomic mass is 9.97. The third-order valence-electron chi connectivity index (χ3n) is 4.26. The highest BCUT2D eigenvalue weighted by atomic mass is 32.2. The van der Waals surface area contributed by atoms with Gasteiger partial charge >= 0.3 is 6.03 Å². The van der Waals surface area contributed by atoms with Crippen LogP contribution in [0.1, 0.15) is 12.8 Å². The number of carbonyl (C=O) groups excluding carboxylic acids is 2. The fourth-order valence-electron chi connectivity index (χ4n) is 3.03. The highest BCUT2D eigenvalue weighted by Gasteiger charge is 2.28. The molecule has 0 bridgehead atoms. The molecule has 10 heteroatoms. The van der Waals surface area contributed by atoms with Crippen molar-refractivity contribution in [2.45, 2.75) is 12.8 Å². The summed E-state index contributed by atoms with van der Waals surface area (Å²) in [5.41, 5.74) is 0.875. The van der Waals surface area contributed by atoms with E-state index < -0.39 is 10.0 Å². The lowest BCUT2D eigenvalue weighted by Crippen LogP contribution is -2.45. The number of carbonyl (C=O) groups is 2. The number of sulfonamides is 1. The van der Waals surface area contributed by atoms with Gasteiger partial charge < -0.3 is 10.2 Å². The molecule has 28 heavy (non-hydrogen) atoms. The van der Waals surface area contributed by atoms with Gasteiger partial charge in [-0.25, -0.2) is 13.2 Å². The molecule has 3 rings (SSSR count). The summed E-state index contributed by atoms with van der Waals surface area (Å²) < 4.78 is 25.1. The number of rotatable bonds is 5. The quantitative estimate of drug-likeness (QED) is 0.688. The van der Waals surface area contributed by atoms with Gasteiger partial charge in [0.2, 0.25) is 15.9 Å². The Balaban J connectivity index is 1.59. The van der Waals surface area contributed by atoms with E-state index in [1.807, 2.05) is 17.5 Å². The number of piperidine rings is 1. The molecule has 1 aliphatic rings. The number of nitrogens with one attached hydrogen (secondary N) is 3. The normalized spacial score (nSPS) is 17.0. The number of thiophene rings is 1. The van der Waals surface area contributed by atoms with Gasteiger partial charge in [-0.05, 0) is 48.6 Å². The second kappa shape index (κ2) is 8.61. The van der Waals surface area contributed by atoms with Gasteiger partial charge in [0, 0.05) is 18.8 Å². The minimum atomic E-state index is -3.39. The van der Waals surface area contributed by atoms with Crippen molar-refractivity contribution in [3.05, 3.63) is 41.8 Å². The summed E-state index contributed by atoms with van der Waals surface area (Å²) in [4.78, 5) is 26.7. The summed E-state index contributed by atoms with van der Waals surface area (Å²) in [7, 11) is -3.39. The van der Waals surface area contributed by atoms with Crippen LogP contribution in [-0.2, 0) is 14.8 Å². The van der Waals surface area contributed by atoms with Gasteiger partial charge in [0.1, 0.15) is 0 Å². The standard InChI is InChI=1S/C18H22N4O4S2/c1-28(25,26)21-15-7-2-6-14(11-15)19-17(23)13-5-3-9-22(12-13)18(24)20-16-8-4-10-27-16/h2,4,6-8,10-11,13,21H,3,5,9,12H2,1H3,(H,19,23)(H,20,24). The second-order valence-electron chi connectivity index (χ2n) is 6.64. The molecule has 1 fully saturated rings. The average Bonchev–Trinajstić information content (AvgIpc) is 3.13. The number of urea groups is 1. The van der Waals surface area contributed by atoms with Crippen LogP contribution >= 0.6 is 11.3 Å². The Morgan fingerprint density at radius 3 is 2.64 bits per heavy atom. The van der Waals surface area contributed by atoms with Crippen LogP contribution in [0.3, 0.4) is 0 Å². The molecule has 1 saturated heterocycles. The Kier molecular flexibility index (Phi) is 6.20. The van der Waals surface area contributed by atoms with Gasteiger partial charge in [-0.3, -0.25) is 14.8 Å². The zero-order valence-corrected chi connectivity index (χ0v) is 17.0. The first-order valence-corrected chi connectivity index (χ1v) is 11.6. The minimum Gasteiger partial charge on any atom is -0.326 e. The van der Waals surface area contributed by atoms with Gasteiger partial charge in [0.05, 0.1) is 22.9 Å². The maximum atomic E-state index is 12.6. The molecule has 1 aliphatic heterocycles. The first-order chi connectivity index (χ1) is 13.3. The van der Waals surface area contributed by atoms with Crippen LogP contribution in [0.25, 0.3) is 0 Å². The molecular weight excluding hydrogens is 400 g/mol. The van der Waals surface area contributed by atoms with Crippen LogP contribution in [0.4, 0.5) is 21.2 Å². The highest BCUT2D eigenvalue weighted by Crippen LogP contribution is 2.22. The Morgan fingerprint density at radius 2 is 1.93 bits per heavy atom. The molecule has 1 unspecified atom stereocenters. The number of anilines is 3. The minimum absolute atomic E-state index is 0.190. The predicted octanol–water partition coefficient (Wildman–Crippen LogP) is 3.00. The fraction of sp³-hybridized carbons (Fsp3) is 0.333. The molecule has 2 heterocycles. The van der Waals surface area contributed by atoms with E-state index in [0.29, 0.717) is 30.9 Å². The molecule has 1 atom stereocenters. The topological polar surface area (TPSA) is 108 Å². The SMILES string of the molecule is CS(=O)(=O)Nc1cccc(NC(=O)C2CCCN(C(=O)Nc3cccs3)C2)c1. The third-order valence-corrected chi connectivity index (χ3v) is 5.66. The van der Waals surface area contributed by atoms with E-state index in [0.717, 1.165) is 17.7 Å². The van der Waals surface area contributed by atoms with Crippen LogP contribution in [0.5, 0.6) is 0 Å². The summed E-state index contributed by atoms with van der Waals surface area (Å²) in [5, 5.41) is 8.31. The van der Waals surface area contributed by atoms with E-state index >= 15 is 0 Å². The maximum Gasteiger partial charge on any atom is 0.322 e. The largest absolute Gasteiger partial charge is 0.326 e. The molecule has 2 aromatic rings. The van der Waals surface area contributed by atoms with Crippen molar-refractivity contribution in [3.63, 3.8) is 0 Å². The number of amides is 3. The van der Waals surface area contributed by atoms with Crippen LogP contribution in [0, 0.1) is 5.92 Å². The van der Waals surface area contributed by atoms with Crippen LogP contribution in [0.2, 0.25) is 0 Å². The maximum absolute atomic E-state index is 12.6. The first-order valence-electron chi connectivity index (χ1n) is 8.78. The van der Waals surface area contributed by atoms with Crippen LogP contribution < -0.4 is 15.4 Å². The van der Waals surface area contributed by atoms with Crippen molar-refractivity contribution < 1.29 is 18.0 Å². The van der Waals surface area contributed by atoms with Crippen molar-refractivity contribution in [2.75, 3.05) is 34.7 Å². The van der Waals surface area contributed by atoms with Gasteiger partial charge in [-0.15, -0.1) is 11.3 Å². The van der Waals surface area contributed by atoms with Crippen molar-refractivity contribution >= 4 is 49.7 Å². The number of hydrogen-bond donors (Lipinski definition) is 3. The molecule has 0 radical (unpaired) electrons. The molecule has 3 amide bonds. The molecule has 0 aliphatic carbocycles. The molecule has 0 spiro atoms. The first kappa shape index (κ1) is 20.2. The van der Waals surface area contributed by atoms with E-state index in [4.69, 9.17) is 0 Å². The lowest BCUT2D eigenvalue weighted by molar-refractivity contribution is -0.121. The summed E-state index contributed by atoms with van der Waals surface area (Å²) in [5.74, 6) is -0.514. The van der Waals surface area contributed by atoms with E-state index in [2.05, 4.69) is 15.4 Å². The van der Waals surface area contributed by atoms with Gasteiger partial charge in [-0.2, -0.15) is 0 Å². The highest BCUT2D eigenvalue weighted by molar-refractivity contribution is 7.92. The molecule has 0 saturated carbocycles. The fourth-order valence-corrected chi connectivity index (χ4v) is 4.19. The molecule has 8 nitrogen and oxygen atoms in total. The smallest absolute Gasteiger partial charge is 0.322 e. The van der Waals surface area contributed by atoms with E-state index in [1.165, 1.54) is 11.3 Å². The van der Waals surface area contributed by atoms with E-state index in [1.54, 1.807) is 29.2 Å². The summed E-state index contributed by atoms with van der Waals surface area (Å²) in [6.07, 6.45) is 2.50.